The Labute approximate surface area is 109 Å². The van der Waals surface area contributed by atoms with Crippen LogP contribution in [-0.2, 0) is 6.18 Å². The Morgan fingerprint density at radius 1 is 1.37 bits per heavy atom. The molecule has 0 saturated heterocycles. The number of aliphatic hydroxyl groups excluding tert-OH is 1. The van der Waals surface area contributed by atoms with Crippen LogP contribution in [-0.4, -0.2) is 23.2 Å². The predicted molar refractivity (Wildman–Crippen MR) is 66.4 cm³/mol. The molecule has 1 aromatic rings. The van der Waals surface area contributed by atoms with E-state index in [0.717, 1.165) is 12.1 Å². The zero-order valence-electron chi connectivity index (χ0n) is 10.5. The molecule has 8 heteroatoms. The molecule has 0 amide bonds. The Bertz CT molecular complexity index is 411. The van der Waals surface area contributed by atoms with Gasteiger partial charge in [-0.25, -0.2) is 10.8 Å². The second-order valence-electron chi connectivity index (χ2n) is 4.27. The summed E-state index contributed by atoms with van der Waals surface area (Å²) in [6.07, 6.45) is -3.89. The van der Waals surface area contributed by atoms with Gasteiger partial charge in [-0.2, -0.15) is 13.2 Å². The van der Waals surface area contributed by atoms with Gasteiger partial charge < -0.3 is 15.8 Å². The van der Waals surface area contributed by atoms with Crippen LogP contribution in [0.1, 0.15) is 18.9 Å². The number of nitrogens with two attached hydrogens (primary N) is 1. The third kappa shape index (κ3) is 4.92. The lowest BCUT2D eigenvalue weighted by Crippen LogP contribution is -2.16. The fourth-order valence-corrected chi connectivity index (χ4v) is 1.46. The highest BCUT2D eigenvalue weighted by molar-refractivity contribution is 5.49. The van der Waals surface area contributed by atoms with Gasteiger partial charge >= 0.3 is 6.18 Å². The summed E-state index contributed by atoms with van der Waals surface area (Å²) in [4.78, 5) is 3.89. The van der Waals surface area contributed by atoms with Crippen LogP contribution < -0.4 is 16.6 Å². The summed E-state index contributed by atoms with van der Waals surface area (Å²) in [7, 11) is 0. The van der Waals surface area contributed by atoms with Crippen molar-refractivity contribution in [3.63, 3.8) is 0 Å². The lowest BCUT2D eigenvalue weighted by atomic mass is 10.1. The first-order valence-electron chi connectivity index (χ1n) is 5.77. The number of anilines is 2. The maximum absolute atomic E-state index is 12.6. The molecule has 1 unspecified atom stereocenters. The monoisotopic (exact) mass is 278 g/mol. The third-order valence-corrected chi connectivity index (χ3v) is 2.55. The molecule has 1 heterocycles. The maximum Gasteiger partial charge on any atom is 0.416 e. The van der Waals surface area contributed by atoms with Crippen molar-refractivity contribution in [3.05, 3.63) is 17.7 Å². The van der Waals surface area contributed by atoms with Crippen molar-refractivity contribution in [1.82, 2.24) is 4.98 Å². The van der Waals surface area contributed by atoms with Crippen LogP contribution in [0.25, 0.3) is 0 Å². The molecule has 5 nitrogen and oxygen atoms in total. The van der Waals surface area contributed by atoms with Gasteiger partial charge in [0, 0.05) is 13.2 Å². The van der Waals surface area contributed by atoms with E-state index in [9.17, 15) is 13.2 Å². The molecule has 108 valence electrons. The van der Waals surface area contributed by atoms with Crippen molar-refractivity contribution in [2.45, 2.75) is 19.5 Å². The standard InChI is InChI=1S/C11H17F3N4O/c1-7(2-3-19)6-16-9-4-8(11(12,13)14)5-10(17-9)18-15/h4-5,7,19H,2-3,6,15H2,1H3,(H2,16,17,18). The number of nitrogens with zero attached hydrogens (tertiary/aromatic N) is 1. The van der Waals surface area contributed by atoms with Crippen molar-refractivity contribution < 1.29 is 18.3 Å². The number of hydrazine groups is 1. The average Bonchev–Trinajstić information content (AvgIpc) is 2.35. The first-order chi connectivity index (χ1) is 8.86. The molecular formula is C11H17F3N4O. The zero-order chi connectivity index (χ0) is 14.5. The molecule has 5 N–H and O–H groups in total. The van der Waals surface area contributed by atoms with Crippen LogP contribution in [0.2, 0.25) is 0 Å². The van der Waals surface area contributed by atoms with E-state index < -0.39 is 11.7 Å². The van der Waals surface area contributed by atoms with Gasteiger partial charge in [-0.15, -0.1) is 0 Å². The minimum Gasteiger partial charge on any atom is -0.396 e. The van der Waals surface area contributed by atoms with Crippen molar-refractivity contribution in [1.29, 1.82) is 0 Å². The normalized spacial score (nSPS) is 13.2. The molecule has 0 radical (unpaired) electrons. The first-order valence-corrected chi connectivity index (χ1v) is 5.77. The summed E-state index contributed by atoms with van der Waals surface area (Å²) in [5.41, 5.74) is 1.28. The summed E-state index contributed by atoms with van der Waals surface area (Å²) < 4.78 is 37.9. The van der Waals surface area contributed by atoms with Crippen LogP contribution in [0, 0.1) is 5.92 Å². The van der Waals surface area contributed by atoms with Crippen LogP contribution in [0.4, 0.5) is 24.8 Å². The quantitative estimate of drug-likeness (QED) is 0.471. The highest BCUT2D eigenvalue weighted by Gasteiger charge is 2.31. The predicted octanol–water partition coefficient (Wildman–Crippen LogP) is 1.82. The fourth-order valence-electron chi connectivity index (χ4n) is 1.46. The van der Waals surface area contributed by atoms with E-state index in [0.29, 0.717) is 13.0 Å². The number of halogens is 3. The van der Waals surface area contributed by atoms with Gasteiger partial charge in [0.15, 0.2) is 0 Å². The topological polar surface area (TPSA) is 83.2 Å². The van der Waals surface area contributed by atoms with Crippen molar-refractivity contribution in [3.8, 4) is 0 Å². The lowest BCUT2D eigenvalue weighted by Gasteiger charge is -2.14. The summed E-state index contributed by atoms with van der Waals surface area (Å²) in [5, 5.41) is 11.5. The molecule has 0 bridgehead atoms. The molecule has 1 aromatic heterocycles. The number of alkyl halides is 3. The largest absolute Gasteiger partial charge is 0.416 e. The first kappa shape index (κ1) is 15.5. The Morgan fingerprint density at radius 3 is 2.53 bits per heavy atom. The number of rotatable bonds is 6. The van der Waals surface area contributed by atoms with E-state index in [4.69, 9.17) is 10.9 Å². The van der Waals surface area contributed by atoms with Crippen molar-refractivity contribution in [2.75, 3.05) is 23.9 Å². The minimum absolute atomic E-state index is 0.0362. The average molecular weight is 278 g/mol. The number of hydrogen-bond donors (Lipinski definition) is 4. The van der Waals surface area contributed by atoms with Gasteiger partial charge in [0.05, 0.1) is 5.56 Å². The number of pyridine rings is 1. The lowest BCUT2D eigenvalue weighted by molar-refractivity contribution is -0.137. The van der Waals surface area contributed by atoms with E-state index in [1.165, 1.54) is 0 Å². The van der Waals surface area contributed by atoms with Crippen LogP contribution in [0.5, 0.6) is 0 Å². The molecule has 0 aliphatic carbocycles. The zero-order valence-corrected chi connectivity index (χ0v) is 10.5. The molecule has 0 saturated carbocycles. The summed E-state index contributed by atoms with van der Waals surface area (Å²) in [6, 6.07) is 1.76. The fraction of sp³-hybridized carbons (Fsp3) is 0.545. The molecule has 0 aliphatic heterocycles. The summed E-state index contributed by atoms with van der Waals surface area (Å²) >= 11 is 0. The Hall–Kier alpha value is -1.54. The molecule has 0 aromatic carbocycles. The second-order valence-corrected chi connectivity index (χ2v) is 4.27. The highest BCUT2D eigenvalue weighted by atomic mass is 19.4. The van der Waals surface area contributed by atoms with Gasteiger partial charge in [-0.05, 0) is 24.5 Å². The number of aromatic nitrogens is 1. The molecular weight excluding hydrogens is 261 g/mol. The number of aliphatic hydroxyl groups is 1. The Kier molecular flexibility index (Phi) is 5.37. The van der Waals surface area contributed by atoms with E-state index in [-0.39, 0.29) is 24.2 Å². The van der Waals surface area contributed by atoms with Crippen LogP contribution in [0.3, 0.4) is 0 Å². The SMILES string of the molecule is CC(CCO)CNc1cc(C(F)(F)F)cc(NN)n1. The van der Waals surface area contributed by atoms with E-state index in [2.05, 4.69) is 15.7 Å². The Morgan fingerprint density at radius 2 is 2.00 bits per heavy atom. The van der Waals surface area contributed by atoms with Gasteiger partial charge in [-0.1, -0.05) is 6.92 Å². The summed E-state index contributed by atoms with van der Waals surface area (Å²) in [5.74, 6) is 5.24. The van der Waals surface area contributed by atoms with Gasteiger partial charge in [0.1, 0.15) is 11.6 Å². The summed E-state index contributed by atoms with van der Waals surface area (Å²) in [6.45, 7) is 2.33. The van der Waals surface area contributed by atoms with Gasteiger partial charge in [0.2, 0.25) is 0 Å². The van der Waals surface area contributed by atoms with E-state index >= 15 is 0 Å². The van der Waals surface area contributed by atoms with Crippen LogP contribution in [0.15, 0.2) is 12.1 Å². The molecule has 0 fully saturated rings. The maximum atomic E-state index is 12.6. The van der Waals surface area contributed by atoms with Crippen molar-refractivity contribution >= 4 is 11.6 Å². The van der Waals surface area contributed by atoms with E-state index in [1.54, 1.807) is 0 Å². The molecule has 0 spiro atoms. The third-order valence-electron chi connectivity index (χ3n) is 2.55. The molecule has 19 heavy (non-hydrogen) atoms. The molecule has 1 rings (SSSR count). The van der Waals surface area contributed by atoms with Crippen LogP contribution >= 0.6 is 0 Å². The van der Waals surface area contributed by atoms with Gasteiger partial charge in [-0.3, -0.25) is 0 Å². The molecule has 0 aliphatic rings. The number of nitrogens with one attached hydrogen (secondary N) is 2. The van der Waals surface area contributed by atoms with Crippen molar-refractivity contribution in [2.24, 2.45) is 11.8 Å². The highest BCUT2D eigenvalue weighted by Crippen LogP contribution is 2.31. The van der Waals surface area contributed by atoms with Gasteiger partial charge in [0.25, 0.3) is 0 Å². The second kappa shape index (κ2) is 6.58. The number of hydrogen-bond acceptors (Lipinski definition) is 5. The minimum atomic E-state index is -4.46. The Balaban J connectivity index is 2.83. The number of nitrogen functional groups attached to an aromatic ring is 1. The van der Waals surface area contributed by atoms with E-state index in [1.807, 2.05) is 6.92 Å². The smallest absolute Gasteiger partial charge is 0.396 e. The molecule has 1 atom stereocenters.